The molecule has 2 aliphatic heterocycles. The zero-order chi connectivity index (χ0) is 15.4. The molecular weight excluding hydrogens is 278 g/mol. The van der Waals surface area contributed by atoms with Crippen LogP contribution in [0, 0.1) is 0 Å². The predicted octanol–water partition coefficient (Wildman–Crippen LogP) is 1.42. The van der Waals surface area contributed by atoms with Gasteiger partial charge in [0.15, 0.2) is 11.5 Å². The average molecular weight is 303 g/mol. The topological polar surface area (TPSA) is 75.4 Å². The second-order valence-electron chi connectivity index (χ2n) is 6.33. The van der Waals surface area contributed by atoms with Crippen molar-refractivity contribution in [1.82, 2.24) is 15.1 Å². The lowest BCUT2D eigenvalue weighted by atomic mass is 10.0. The molecule has 1 unspecified atom stereocenters. The van der Waals surface area contributed by atoms with Crippen molar-refractivity contribution in [2.45, 2.75) is 44.6 Å². The van der Waals surface area contributed by atoms with Gasteiger partial charge in [-0.3, -0.25) is 9.69 Å². The second kappa shape index (κ2) is 7.05. The fourth-order valence-corrected chi connectivity index (χ4v) is 3.55. The van der Waals surface area contributed by atoms with Gasteiger partial charge < -0.3 is 10.6 Å². The SMILES string of the molecule is NC(=O)c1ccc(N2CCCC(N3CCCCCC3)C2)nn1. The number of hydrogen-bond acceptors (Lipinski definition) is 5. The molecule has 2 saturated heterocycles. The van der Waals surface area contributed by atoms with Crippen LogP contribution in [0.1, 0.15) is 49.0 Å². The molecule has 1 aromatic heterocycles. The summed E-state index contributed by atoms with van der Waals surface area (Å²) in [6, 6.07) is 4.14. The van der Waals surface area contributed by atoms with E-state index in [4.69, 9.17) is 5.73 Å². The van der Waals surface area contributed by atoms with E-state index in [1.807, 2.05) is 6.07 Å². The quantitative estimate of drug-likeness (QED) is 0.914. The Bertz CT molecular complexity index is 496. The molecule has 0 aliphatic carbocycles. The van der Waals surface area contributed by atoms with Crippen LogP contribution in [0.4, 0.5) is 5.82 Å². The first kappa shape index (κ1) is 15.2. The number of aromatic nitrogens is 2. The van der Waals surface area contributed by atoms with E-state index in [2.05, 4.69) is 20.0 Å². The molecule has 6 nitrogen and oxygen atoms in total. The Hall–Kier alpha value is -1.69. The van der Waals surface area contributed by atoms with Gasteiger partial charge in [0.25, 0.3) is 5.91 Å². The zero-order valence-corrected chi connectivity index (χ0v) is 13.1. The van der Waals surface area contributed by atoms with Crippen LogP contribution in [0.5, 0.6) is 0 Å². The zero-order valence-electron chi connectivity index (χ0n) is 13.1. The van der Waals surface area contributed by atoms with Gasteiger partial charge in [-0.15, -0.1) is 10.2 Å². The van der Waals surface area contributed by atoms with Crippen molar-refractivity contribution in [2.75, 3.05) is 31.1 Å². The van der Waals surface area contributed by atoms with E-state index < -0.39 is 5.91 Å². The summed E-state index contributed by atoms with van der Waals surface area (Å²) in [5.74, 6) is 0.324. The van der Waals surface area contributed by atoms with Gasteiger partial charge in [-0.1, -0.05) is 12.8 Å². The number of hydrogen-bond donors (Lipinski definition) is 1. The van der Waals surface area contributed by atoms with E-state index in [0.717, 1.165) is 18.9 Å². The van der Waals surface area contributed by atoms with Gasteiger partial charge >= 0.3 is 0 Å². The summed E-state index contributed by atoms with van der Waals surface area (Å²) in [5.41, 5.74) is 5.44. The number of nitrogens with two attached hydrogens (primary N) is 1. The van der Waals surface area contributed by atoms with E-state index in [1.54, 1.807) is 6.07 Å². The molecule has 22 heavy (non-hydrogen) atoms. The molecule has 1 aromatic rings. The minimum atomic E-state index is -0.528. The first-order valence-corrected chi connectivity index (χ1v) is 8.36. The predicted molar refractivity (Wildman–Crippen MR) is 85.8 cm³/mol. The maximum Gasteiger partial charge on any atom is 0.269 e. The molecule has 0 aromatic carbocycles. The van der Waals surface area contributed by atoms with Gasteiger partial charge in [-0.05, 0) is 50.9 Å². The van der Waals surface area contributed by atoms with Crippen LogP contribution < -0.4 is 10.6 Å². The first-order chi connectivity index (χ1) is 10.7. The number of primary amides is 1. The van der Waals surface area contributed by atoms with Gasteiger partial charge in [0, 0.05) is 19.1 Å². The van der Waals surface area contributed by atoms with Crippen molar-refractivity contribution < 1.29 is 4.79 Å². The molecule has 0 spiro atoms. The summed E-state index contributed by atoms with van der Waals surface area (Å²) in [5, 5.41) is 8.10. The van der Waals surface area contributed by atoms with Crippen molar-refractivity contribution in [3.05, 3.63) is 17.8 Å². The highest BCUT2D eigenvalue weighted by molar-refractivity contribution is 5.90. The number of rotatable bonds is 3. The van der Waals surface area contributed by atoms with E-state index in [1.165, 1.54) is 51.6 Å². The van der Waals surface area contributed by atoms with Crippen molar-refractivity contribution in [3.8, 4) is 0 Å². The fourth-order valence-electron chi connectivity index (χ4n) is 3.55. The highest BCUT2D eigenvalue weighted by atomic mass is 16.1. The molecule has 3 rings (SSSR count). The van der Waals surface area contributed by atoms with E-state index in [0.29, 0.717) is 6.04 Å². The molecule has 1 amide bonds. The number of carbonyl (C=O) groups is 1. The summed E-state index contributed by atoms with van der Waals surface area (Å²) in [7, 11) is 0. The number of carbonyl (C=O) groups excluding carboxylic acids is 1. The molecule has 3 heterocycles. The Morgan fingerprint density at radius 2 is 1.82 bits per heavy atom. The highest BCUT2D eigenvalue weighted by Crippen LogP contribution is 2.23. The summed E-state index contributed by atoms with van der Waals surface area (Å²) >= 11 is 0. The lowest BCUT2D eigenvalue weighted by Gasteiger charge is -2.39. The van der Waals surface area contributed by atoms with Crippen molar-refractivity contribution >= 4 is 11.7 Å². The van der Waals surface area contributed by atoms with E-state index >= 15 is 0 Å². The van der Waals surface area contributed by atoms with Gasteiger partial charge in [0.1, 0.15) is 0 Å². The van der Waals surface area contributed by atoms with Gasteiger partial charge in [-0.2, -0.15) is 0 Å². The average Bonchev–Trinajstić information content (AvgIpc) is 2.84. The monoisotopic (exact) mass is 303 g/mol. The minimum Gasteiger partial charge on any atom is -0.364 e. The van der Waals surface area contributed by atoms with E-state index in [9.17, 15) is 4.79 Å². The van der Waals surface area contributed by atoms with Crippen LogP contribution in [0.2, 0.25) is 0 Å². The molecule has 0 saturated carbocycles. The summed E-state index contributed by atoms with van der Waals surface area (Å²) in [6.07, 6.45) is 7.83. The number of piperidine rings is 1. The molecule has 1 atom stereocenters. The smallest absolute Gasteiger partial charge is 0.269 e. The number of anilines is 1. The third-order valence-corrected chi connectivity index (χ3v) is 4.78. The van der Waals surface area contributed by atoms with E-state index in [-0.39, 0.29) is 5.69 Å². The van der Waals surface area contributed by atoms with Crippen molar-refractivity contribution in [3.63, 3.8) is 0 Å². The standard InChI is InChI=1S/C16H25N5O/c17-16(22)14-7-8-15(19-18-14)21-11-5-6-13(12-21)20-9-3-1-2-4-10-20/h7-8,13H,1-6,9-12H2,(H2,17,22). The normalized spacial score (nSPS) is 24.0. The highest BCUT2D eigenvalue weighted by Gasteiger charge is 2.26. The molecular formula is C16H25N5O. The summed E-state index contributed by atoms with van der Waals surface area (Å²) in [4.78, 5) is 16.0. The van der Waals surface area contributed by atoms with Crippen LogP contribution in [-0.4, -0.2) is 53.2 Å². The first-order valence-electron chi connectivity index (χ1n) is 8.36. The van der Waals surface area contributed by atoms with Gasteiger partial charge in [0.2, 0.25) is 0 Å². The summed E-state index contributed by atoms with van der Waals surface area (Å²) < 4.78 is 0. The molecule has 0 radical (unpaired) electrons. The lowest BCUT2D eigenvalue weighted by molar-refractivity contribution is 0.0994. The van der Waals surface area contributed by atoms with Crippen LogP contribution in [-0.2, 0) is 0 Å². The molecule has 2 N–H and O–H groups in total. The number of amides is 1. The molecule has 6 heteroatoms. The van der Waals surface area contributed by atoms with Crippen LogP contribution >= 0.6 is 0 Å². The lowest BCUT2D eigenvalue weighted by Crippen LogP contribution is -2.48. The molecule has 2 fully saturated rings. The number of nitrogens with zero attached hydrogens (tertiary/aromatic N) is 4. The van der Waals surface area contributed by atoms with Crippen LogP contribution in [0.3, 0.4) is 0 Å². The van der Waals surface area contributed by atoms with Crippen molar-refractivity contribution in [2.24, 2.45) is 5.73 Å². The molecule has 0 bridgehead atoms. The third-order valence-electron chi connectivity index (χ3n) is 4.78. The maximum absolute atomic E-state index is 11.1. The fraction of sp³-hybridized carbons (Fsp3) is 0.688. The summed E-state index contributed by atoms with van der Waals surface area (Å²) in [6.45, 7) is 4.47. The molecule has 2 aliphatic rings. The molecule has 120 valence electrons. The Balaban J connectivity index is 1.65. The Morgan fingerprint density at radius 1 is 1.05 bits per heavy atom. The minimum absolute atomic E-state index is 0.227. The largest absolute Gasteiger partial charge is 0.364 e. The second-order valence-corrected chi connectivity index (χ2v) is 6.33. The Labute approximate surface area is 131 Å². The Kier molecular flexibility index (Phi) is 4.87. The number of likely N-dealkylation sites (tertiary alicyclic amines) is 1. The van der Waals surface area contributed by atoms with Crippen molar-refractivity contribution in [1.29, 1.82) is 0 Å². The third kappa shape index (κ3) is 3.55. The maximum atomic E-state index is 11.1. The van der Waals surface area contributed by atoms with Crippen LogP contribution in [0.15, 0.2) is 12.1 Å². The van der Waals surface area contributed by atoms with Crippen LogP contribution in [0.25, 0.3) is 0 Å². The van der Waals surface area contributed by atoms with Gasteiger partial charge in [0.05, 0.1) is 0 Å². The Morgan fingerprint density at radius 3 is 2.45 bits per heavy atom. The van der Waals surface area contributed by atoms with Gasteiger partial charge in [-0.25, -0.2) is 0 Å².